The Kier molecular flexibility index (Phi) is 3.29. The lowest BCUT2D eigenvalue weighted by Gasteiger charge is -2.35. The smallest absolute Gasteiger partial charge is 0.107 e. The van der Waals surface area contributed by atoms with E-state index in [1.54, 1.807) is 0 Å². The predicted molar refractivity (Wildman–Crippen MR) is 51.1 cm³/mol. The molecule has 2 N–H and O–H groups in total. The van der Waals surface area contributed by atoms with E-state index in [1.807, 2.05) is 13.8 Å². The van der Waals surface area contributed by atoms with E-state index in [4.69, 9.17) is 5.26 Å². The number of nitrogens with one attached hydrogen (secondary N) is 1. The number of nitrogens with zero attached hydrogens (tertiary/aromatic N) is 1. The first-order valence-electron chi connectivity index (χ1n) is 4.95. The summed E-state index contributed by atoms with van der Waals surface area (Å²) < 4.78 is 0. The van der Waals surface area contributed by atoms with E-state index in [0.717, 1.165) is 25.7 Å². The van der Waals surface area contributed by atoms with Gasteiger partial charge >= 0.3 is 0 Å². The van der Waals surface area contributed by atoms with Gasteiger partial charge in [-0.2, -0.15) is 5.26 Å². The topological polar surface area (TPSA) is 56.0 Å². The normalized spacial score (nSPS) is 34.5. The summed E-state index contributed by atoms with van der Waals surface area (Å²) >= 11 is 0. The lowest BCUT2D eigenvalue weighted by molar-refractivity contribution is 0.0983. The van der Waals surface area contributed by atoms with Crippen LogP contribution in [0.4, 0.5) is 0 Å². The summed E-state index contributed by atoms with van der Waals surface area (Å²) in [7, 11) is 0. The van der Waals surface area contributed by atoms with Gasteiger partial charge in [0, 0.05) is 6.04 Å². The highest BCUT2D eigenvalue weighted by molar-refractivity contribution is 5.09. The van der Waals surface area contributed by atoms with Crippen LogP contribution in [0.2, 0.25) is 0 Å². The first-order chi connectivity index (χ1) is 6.08. The van der Waals surface area contributed by atoms with Crippen molar-refractivity contribution in [1.29, 1.82) is 5.26 Å². The van der Waals surface area contributed by atoms with E-state index < -0.39 is 0 Å². The number of rotatable bonds is 2. The third-order valence-corrected chi connectivity index (χ3v) is 2.59. The van der Waals surface area contributed by atoms with Gasteiger partial charge in [0.05, 0.1) is 12.2 Å². The monoisotopic (exact) mass is 182 g/mol. The van der Waals surface area contributed by atoms with Gasteiger partial charge in [0.25, 0.3) is 0 Å². The Morgan fingerprint density at radius 2 is 2.00 bits per heavy atom. The van der Waals surface area contributed by atoms with Gasteiger partial charge in [-0.3, -0.25) is 5.32 Å². The minimum atomic E-state index is -0.382. The van der Waals surface area contributed by atoms with Crippen LogP contribution in [0, 0.1) is 11.3 Å². The molecule has 1 rings (SSSR count). The molecule has 1 aliphatic carbocycles. The van der Waals surface area contributed by atoms with E-state index >= 15 is 0 Å². The maximum Gasteiger partial charge on any atom is 0.107 e. The molecule has 1 aliphatic rings. The fraction of sp³-hybridized carbons (Fsp3) is 0.900. The van der Waals surface area contributed by atoms with Crippen LogP contribution in [-0.4, -0.2) is 22.8 Å². The second-order valence-corrected chi connectivity index (χ2v) is 4.22. The van der Waals surface area contributed by atoms with E-state index in [2.05, 4.69) is 11.4 Å². The van der Waals surface area contributed by atoms with Crippen LogP contribution in [0.1, 0.15) is 39.5 Å². The van der Waals surface area contributed by atoms with Crippen molar-refractivity contribution in [2.24, 2.45) is 0 Å². The van der Waals surface area contributed by atoms with Crippen LogP contribution in [0.25, 0.3) is 0 Å². The molecule has 0 heterocycles. The predicted octanol–water partition coefficient (Wildman–Crippen LogP) is 1.18. The molecule has 0 radical (unpaired) electrons. The molecule has 74 valence electrons. The number of aliphatic hydroxyl groups excluding tert-OH is 1. The lowest BCUT2D eigenvalue weighted by atomic mass is 9.81. The Morgan fingerprint density at radius 1 is 1.46 bits per heavy atom. The van der Waals surface area contributed by atoms with E-state index in [0.29, 0.717) is 6.04 Å². The molecule has 0 aromatic rings. The molecular weight excluding hydrogens is 164 g/mol. The second kappa shape index (κ2) is 4.08. The zero-order chi connectivity index (χ0) is 9.90. The van der Waals surface area contributed by atoms with Gasteiger partial charge in [0.15, 0.2) is 0 Å². The lowest BCUT2D eigenvalue weighted by Crippen LogP contribution is -2.50. The molecule has 0 unspecified atom stereocenters. The molecule has 0 atom stereocenters. The third kappa shape index (κ3) is 2.68. The molecular formula is C10H18N2O. The fourth-order valence-corrected chi connectivity index (χ4v) is 1.94. The van der Waals surface area contributed by atoms with Crippen molar-refractivity contribution in [3.8, 4) is 6.07 Å². The SMILES string of the molecule is CC(C)NC1(C#N)CCC(O)CC1. The Labute approximate surface area is 79.8 Å². The van der Waals surface area contributed by atoms with Crippen molar-refractivity contribution in [2.75, 3.05) is 0 Å². The molecule has 3 heteroatoms. The van der Waals surface area contributed by atoms with Gasteiger partial charge in [-0.25, -0.2) is 0 Å². The van der Waals surface area contributed by atoms with Crippen molar-refractivity contribution in [3.05, 3.63) is 0 Å². The molecule has 0 aliphatic heterocycles. The highest BCUT2D eigenvalue weighted by Gasteiger charge is 2.34. The van der Waals surface area contributed by atoms with Gasteiger partial charge in [-0.1, -0.05) is 0 Å². The number of hydrogen-bond acceptors (Lipinski definition) is 3. The summed E-state index contributed by atoms with van der Waals surface area (Å²) in [4.78, 5) is 0. The van der Waals surface area contributed by atoms with Crippen LogP contribution >= 0.6 is 0 Å². The van der Waals surface area contributed by atoms with Crippen LogP contribution in [0.3, 0.4) is 0 Å². The van der Waals surface area contributed by atoms with E-state index in [1.165, 1.54) is 0 Å². The van der Waals surface area contributed by atoms with Crippen molar-refractivity contribution < 1.29 is 5.11 Å². The summed E-state index contributed by atoms with van der Waals surface area (Å²) in [6, 6.07) is 2.68. The Balaban J connectivity index is 2.57. The quantitative estimate of drug-likeness (QED) is 0.674. The summed E-state index contributed by atoms with van der Waals surface area (Å²) in [5.74, 6) is 0. The van der Waals surface area contributed by atoms with Crippen molar-refractivity contribution >= 4 is 0 Å². The average molecular weight is 182 g/mol. The Bertz CT molecular complexity index is 199. The molecule has 1 fully saturated rings. The second-order valence-electron chi connectivity index (χ2n) is 4.22. The molecule has 13 heavy (non-hydrogen) atoms. The Hall–Kier alpha value is -0.590. The molecule has 0 amide bonds. The maximum absolute atomic E-state index is 9.33. The van der Waals surface area contributed by atoms with Crippen LogP contribution in [0.15, 0.2) is 0 Å². The zero-order valence-electron chi connectivity index (χ0n) is 8.38. The molecule has 0 saturated heterocycles. The highest BCUT2D eigenvalue weighted by Crippen LogP contribution is 2.28. The molecule has 0 bridgehead atoms. The van der Waals surface area contributed by atoms with Crippen LogP contribution in [-0.2, 0) is 0 Å². The van der Waals surface area contributed by atoms with Crippen molar-refractivity contribution in [2.45, 2.75) is 57.2 Å². The number of aliphatic hydroxyl groups is 1. The van der Waals surface area contributed by atoms with Gasteiger partial charge in [-0.05, 0) is 39.5 Å². The number of nitriles is 1. The maximum atomic E-state index is 9.33. The average Bonchev–Trinajstić information content (AvgIpc) is 2.09. The van der Waals surface area contributed by atoms with E-state index in [-0.39, 0.29) is 11.6 Å². The molecule has 0 aromatic heterocycles. The van der Waals surface area contributed by atoms with Gasteiger partial charge in [0.2, 0.25) is 0 Å². The molecule has 1 saturated carbocycles. The third-order valence-electron chi connectivity index (χ3n) is 2.59. The van der Waals surface area contributed by atoms with Crippen LogP contribution < -0.4 is 5.32 Å². The summed E-state index contributed by atoms with van der Waals surface area (Å²) in [5, 5.41) is 21.7. The minimum absolute atomic E-state index is 0.199. The van der Waals surface area contributed by atoms with Crippen LogP contribution in [0.5, 0.6) is 0 Å². The Morgan fingerprint density at radius 3 is 2.38 bits per heavy atom. The zero-order valence-corrected chi connectivity index (χ0v) is 8.38. The van der Waals surface area contributed by atoms with E-state index in [9.17, 15) is 5.11 Å². The number of hydrogen-bond donors (Lipinski definition) is 2. The largest absolute Gasteiger partial charge is 0.393 e. The molecule has 3 nitrogen and oxygen atoms in total. The highest BCUT2D eigenvalue weighted by atomic mass is 16.3. The van der Waals surface area contributed by atoms with Gasteiger partial charge in [-0.15, -0.1) is 0 Å². The minimum Gasteiger partial charge on any atom is -0.393 e. The molecule has 0 aromatic carbocycles. The fourth-order valence-electron chi connectivity index (χ4n) is 1.94. The van der Waals surface area contributed by atoms with Crippen molar-refractivity contribution in [1.82, 2.24) is 5.32 Å². The summed E-state index contributed by atoms with van der Waals surface area (Å²) in [6.07, 6.45) is 2.82. The molecule has 0 spiro atoms. The van der Waals surface area contributed by atoms with Gasteiger partial charge in [0.1, 0.15) is 5.54 Å². The standard InChI is InChI=1S/C10H18N2O/c1-8(2)12-10(7-11)5-3-9(13)4-6-10/h8-9,12-13H,3-6H2,1-2H3. The summed E-state index contributed by atoms with van der Waals surface area (Å²) in [6.45, 7) is 4.09. The van der Waals surface area contributed by atoms with Crippen molar-refractivity contribution in [3.63, 3.8) is 0 Å². The van der Waals surface area contributed by atoms with Gasteiger partial charge < -0.3 is 5.11 Å². The first-order valence-corrected chi connectivity index (χ1v) is 4.95. The summed E-state index contributed by atoms with van der Waals surface area (Å²) in [5.41, 5.74) is -0.382. The first kappa shape index (κ1) is 10.5.